The fourth-order valence-corrected chi connectivity index (χ4v) is 4.11. The number of phenols is 1. The molecule has 0 bridgehead atoms. The van der Waals surface area contributed by atoms with Crippen LogP contribution in [-0.4, -0.2) is 69.8 Å². The number of aliphatic hydroxyl groups is 1. The third kappa shape index (κ3) is 9.75. The third-order valence-corrected chi connectivity index (χ3v) is 6.36. The van der Waals surface area contributed by atoms with Gasteiger partial charge in [0.1, 0.15) is 23.9 Å². The fourth-order valence-electron chi connectivity index (χ4n) is 4.11. The molecule has 3 rings (SSSR count). The predicted molar refractivity (Wildman–Crippen MR) is 151 cm³/mol. The highest BCUT2D eigenvalue weighted by Gasteiger charge is 2.30. The van der Waals surface area contributed by atoms with Gasteiger partial charge >= 0.3 is 5.97 Å². The molecule has 0 saturated heterocycles. The number of benzene rings is 3. The van der Waals surface area contributed by atoms with Crippen LogP contribution in [0.3, 0.4) is 0 Å². The molecular formula is C30H34N4O7. The summed E-state index contributed by atoms with van der Waals surface area (Å²) in [6, 6.07) is 18.9. The number of nitrogens with one attached hydrogen (secondary N) is 3. The summed E-state index contributed by atoms with van der Waals surface area (Å²) in [5.41, 5.74) is 8.22. The Hall–Kier alpha value is -4.74. The minimum atomic E-state index is -1.49. The summed E-state index contributed by atoms with van der Waals surface area (Å²) >= 11 is 0. The fraction of sp³-hybridized carbons (Fsp3) is 0.267. The Morgan fingerprint density at radius 3 is 1.59 bits per heavy atom. The first-order valence-corrected chi connectivity index (χ1v) is 13.0. The van der Waals surface area contributed by atoms with E-state index in [4.69, 9.17) is 5.73 Å². The van der Waals surface area contributed by atoms with Crippen molar-refractivity contribution in [2.75, 3.05) is 6.61 Å². The standard InChI is InChI=1S/C30H34N4O7/c31-23(15-19-7-3-1-4-8-19)27(37)32-24(16-20-9-5-2-6-10-20)28(38)34-26(18-35)29(39)33-25(30(40)41)17-21-11-13-22(36)14-12-21/h1-14,23-26,35-36H,15-18,31H2,(H,32,37)(H,33,39)(H,34,38)(H,40,41). The average molecular weight is 563 g/mol. The van der Waals surface area contributed by atoms with Crippen molar-refractivity contribution < 1.29 is 34.5 Å². The summed E-state index contributed by atoms with van der Waals surface area (Å²) in [5, 5.41) is 36.3. The molecule has 0 aromatic heterocycles. The number of aliphatic carboxylic acids is 1. The van der Waals surface area contributed by atoms with Crippen molar-refractivity contribution in [3.8, 4) is 5.75 Å². The zero-order valence-electron chi connectivity index (χ0n) is 22.3. The molecule has 0 aliphatic carbocycles. The number of aromatic hydroxyl groups is 1. The minimum Gasteiger partial charge on any atom is -0.508 e. The van der Waals surface area contributed by atoms with Gasteiger partial charge in [0.2, 0.25) is 17.7 Å². The lowest BCUT2D eigenvalue weighted by atomic mass is 10.0. The second-order valence-electron chi connectivity index (χ2n) is 9.56. The number of nitrogens with two attached hydrogens (primary N) is 1. The molecule has 216 valence electrons. The van der Waals surface area contributed by atoms with E-state index >= 15 is 0 Å². The maximum Gasteiger partial charge on any atom is 0.326 e. The number of rotatable bonds is 14. The largest absolute Gasteiger partial charge is 0.508 e. The molecule has 0 spiro atoms. The molecule has 41 heavy (non-hydrogen) atoms. The lowest BCUT2D eigenvalue weighted by molar-refractivity contribution is -0.142. The van der Waals surface area contributed by atoms with Crippen LogP contribution in [0.25, 0.3) is 0 Å². The Labute approximate surface area is 237 Å². The van der Waals surface area contributed by atoms with Gasteiger partial charge < -0.3 is 37.0 Å². The van der Waals surface area contributed by atoms with Gasteiger partial charge in [-0.2, -0.15) is 0 Å². The topological polar surface area (TPSA) is 191 Å². The van der Waals surface area contributed by atoms with E-state index in [2.05, 4.69) is 16.0 Å². The van der Waals surface area contributed by atoms with Crippen LogP contribution >= 0.6 is 0 Å². The van der Waals surface area contributed by atoms with E-state index < -0.39 is 54.5 Å². The summed E-state index contributed by atoms with van der Waals surface area (Å²) < 4.78 is 0. The number of aliphatic hydroxyl groups excluding tert-OH is 1. The number of hydrogen-bond acceptors (Lipinski definition) is 7. The third-order valence-electron chi connectivity index (χ3n) is 6.36. The molecule has 0 heterocycles. The summed E-state index contributed by atoms with van der Waals surface area (Å²) in [5.74, 6) is -3.57. The first kappa shape index (κ1) is 30.8. The molecule has 3 aromatic carbocycles. The molecule has 0 radical (unpaired) electrons. The van der Waals surface area contributed by atoms with E-state index in [1.54, 1.807) is 30.3 Å². The number of carboxylic acids is 1. The van der Waals surface area contributed by atoms with Crippen molar-refractivity contribution >= 4 is 23.7 Å². The first-order valence-electron chi connectivity index (χ1n) is 13.0. The second-order valence-corrected chi connectivity index (χ2v) is 9.56. The number of carbonyl (C=O) groups excluding carboxylic acids is 3. The maximum absolute atomic E-state index is 13.3. The van der Waals surface area contributed by atoms with Crippen LogP contribution in [0.5, 0.6) is 5.75 Å². The Bertz CT molecular complexity index is 1300. The lowest BCUT2D eigenvalue weighted by Gasteiger charge is -2.24. The molecule has 8 N–H and O–H groups in total. The number of amides is 3. The molecular weight excluding hydrogens is 528 g/mol. The molecule has 0 aliphatic rings. The SMILES string of the molecule is NC(Cc1ccccc1)C(=O)NC(Cc1ccccc1)C(=O)NC(CO)C(=O)NC(Cc1ccc(O)cc1)C(=O)O. The van der Waals surface area contributed by atoms with E-state index in [1.165, 1.54) is 24.3 Å². The highest BCUT2D eigenvalue weighted by molar-refractivity contribution is 5.94. The Morgan fingerprint density at radius 1 is 0.610 bits per heavy atom. The van der Waals surface area contributed by atoms with Crippen molar-refractivity contribution in [1.29, 1.82) is 0 Å². The molecule has 3 amide bonds. The molecule has 11 nitrogen and oxygen atoms in total. The van der Waals surface area contributed by atoms with Crippen LogP contribution in [-0.2, 0) is 38.4 Å². The van der Waals surface area contributed by atoms with Crippen molar-refractivity contribution in [2.45, 2.75) is 43.4 Å². The number of phenolic OH excluding ortho intramolecular Hbond substituents is 1. The van der Waals surface area contributed by atoms with E-state index in [1.807, 2.05) is 30.3 Å². The van der Waals surface area contributed by atoms with Crippen molar-refractivity contribution in [3.05, 3.63) is 102 Å². The highest BCUT2D eigenvalue weighted by Crippen LogP contribution is 2.12. The molecule has 3 aromatic rings. The van der Waals surface area contributed by atoms with Gasteiger partial charge in [-0.25, -0.2) is 4.79 Å². The molecule has 0 aliphatic heterocycles. The van der Waals surface area contributed by atoms with Gasteiger partial charge in [0.15, 0.2) is 0 Å². The van der Waals surface area contributed by atoms with Crippen LogP contribution in [0, 0.1) is 0 Å². The van der Waals surface area contributed by atoms with Gasteiger partial charge in [0.05, 0.1) is 12.6 Å². The van der Waals surface area contributed by atoms with Crippen LogP contribution in [0.2, 0.25) is 0 Å². The van der Waals surface area contributed by atoms with E-state index in [-0.39, 0.29) is 25.0 Å². The van der Waals surface area contributed by atoms with E-state index in [9.17, 15) is 34.5 Å². The molecule has 0 saturated carbocycles. The van der Waals surface area contributed by atoms with Gasteiger partial charge in [0.25, 0.3) is 0 Å². The van der Waals surface area contributed by atoms with Crippen LogP contribution in [0.1, 0.15) is 16.7 Å². The van der Waals surface area contributed by atoms with E-state index in [0.29, 0.717) is 5.56 Å². The molecule has 0 fully saturated rings. The summed E-state index contributed by atoms with van der Waals surface area (Å²) in [7, 11) is 0. The lowest BCUT2D eigenvalue weighted by Crippen LogP contribution is -2.58. The Morgan fingerprint density at radius 2 is 1.05 bits per heavy atom. The van der Waals surface area contributed by atoms with Gasteiger partial charge in [-0.15, -0.1) is 0 Å². The molecule has 11 heteroatoms. The van der Waals surface area contributed by atoms with Crippen molar-refractivity contribution in [1.82, 2.24) is 16.0 Å². The number of carbonyl (C=O) groups is 4. The summed E-state index contributed by atoms with van der Waals surface area (Å²) in [6.07, 6.45) is 0.222. The quantitative estimate of drug-likeness (QED) is 0.146. The smallest absolute Gasteiger partial charge is 0.326 e. The predicted octanol–water partition coefficient (Wildman–Crippen LogP) is 0.279. The monoisotopic (exact) mass is 562 g/mol. The highest BCUT2D eigenvalue weighted by atomic mass is 16.4. The van der Waals surface area contributed by atoms with Gasteiger partial charge in [-0.1, -0.05) is 72.8 Å². The zero-order chi connectivity index (χ0) is 29.8. The van der Waals surface area contributed by atoms with Crippen LogP contribution < -0.4 is 21.7 Å². The van der Waals surface area contributed by atoms with Crippen LogP contribution in [0.15, 0.2) is 84.9 Å². The van der Waals surface area contributed by atoms with Gasteiger partial charge in [0, 0.05) is 12.8 Å². The zero-order valence-corrected chi connectivity index (χ0v) is 22.3. The summed E-state index contributed by atoms with van der Waals surface area (Å²) in [6.45, 7) is -0.817. The molecule has 4 atom stereocenters. The van der Waals surface area contributed by atoms with Crippen molar-refractivity contribution in [2.24, 2.45) is 5.73 Å². The summed E-state index contributed by atoms with van der Waals surface area (Å²) in [4.78, 5) is 50.9. The minimum absolute atomic E-state index is 0.00545. The second kappa shape index (κ2) is 15.2. The van der Waals surface area contributed by atoms with Gasteiger partial charge in [-0.3, -0.25) is 14.4 Å². The Balaban J connectivity index is 1.69. The first-order chi connectivity index (χ1) is 19.7. The number of hydrogen-bond donors (Lipinski definition) is 7. The van der Waals surface area contributed by atoms with Crippen molar-refractivity contribution in [3.63, 3.8) is 0 Å². The maximum atomic E-state index is 13.3. The number of carboxylic acid groups (broad SMARTS) is 1. The van der Waals surface area contributed by atoms with E-state index in [0.717, 1.165) is 11.1 Å². The normalized spacial score (nSPS) is 13.7. The van der Waals surface area contributed by atoms with Crippen LogP contribution in [0.4, 0.5) is 0 Å². The Kier molecular flexibility index (Phi) is 11.4. The van der Waals surface area contributed by atoms with Gasteiger partial charge in [-0.05, 0) is 35.2 Å². The molecule has 4 unspecified atom stereocenters. The average Bonchev–Trinajstić information content (AvgIpc) is 2.97.